The second kappa shape index (κ2) is 6.66. The Balaban J connectivity index is 1.29. The maximum Gasteiger partial charge on any atom is 0.230 e. The summed E-state index contributed by atoms with van der Waals surface area (Å²) >= 11 is 0. The minimum Gasteiger partial charge on any atom is -0.390 e. The summed E-state index contributed by atoms with van der Waals surface area (Å²) in [7, 11) is 0. The van der Waals surface area contributed by atoms with Gasteiger partial charge in [-0.3, -0.25) is 9.69 Å². The molecule has 2 fully saturated rings. The topological polar surface area (TPSA) is 43.8 Å². The van der Waals surface area contributed by atoms with Gasteiger partial charge in [0.1, 0.15) is 0 Å². The lowest BCUT2D eigenvalue weighted by Crippen LogP contribution is -2.58. The van der Waals surface area contributed by atoms with Gasteiger partial charge in [-0.15, -0.1) is 0 Å². The molecule has 6 rings (SSSR count). The molecule has 0 aromatic heterocycles. The predicted molar refractivity (Wildman–Crippen MR) is 118 cm³/mol. The van der Waals surface area contributed by atoms with Crippen LogP contribution in [0.15, 0.2) is 66.7 Å². The fraction of sp³-hybridized carbons (Fsp3) is 0.346. The molecule has 0 bridgehead atoms. The van der Waals surface area contributed by atoms with E-state index in [1.165, 1.54) is 21.9 Å². The van der Waals surface area contributed by atoms with Crippen LogP contribution in [0.1, 0.15) is 36.4 Å². The van der Waals surface area contributed by atoms with Crippen LogP contribution in [0.5, 0.6) is 0 Å². The number of carbonyl (C=O) groups is 1. The molecular weight excluding hydrogens is 372 g/mol. The zero-order chi connectivity index (χ0) is 20.3. The maximum atomic E-state index is 12.8. The number of likely N-dealkylation sites (tertiary alicyclic amines) is 1. The van der Waals surface area contributed by atoms with Gasteiger partial charge >= 0.3 is 0 Å². The van der Waals surface area contributed by atoms with E-state index in [0.29, 0.717) is 6.04 Å². The summed E-state index contributed by atoms with van der Waals surface area (Å²) in [5.41, 5.74) is 3.30. The van der Waals surface area contributed by atoms with E-state index in [9.17, 15) is 9.90 Å². The number of para-hydroxylation sites is 1. The first-order chi connectivity index (χ1) is 14.7. The minimum atomic E-state index is -0.600. The molecule has 3 aromatic carbocycles. The van der Waals surface area contributed by atoms with Crippen molar-refractivity contribution in [3.63, 3.8) is 0 Å². The molecule has 3 aliphatic rings. The van der Waals surface area contributed by atoms with Crippen LogP contribution < -0.4 is 4.90 Å². The summed E-state index contributed by atoms with van der Waals surface area (Å²) in [6, 6.07) is 23.5. The summed E-state index contributed by atoms with van der Waals surface area (Å²) in [4.78, 5) is 17.3. The second-order valence-corrected chi connectivity index (χ2v) is 9.01. The van der Waals surface area contributed by atoms with Crippen LogP contribution in [-0.2, 0) is 11.2 Å². The Hall–Kier alpha value is -2.69. The highest BCUT2D eigenvalue weighted by atomic mass is 16.3. The molecule has 2 saturated heterocycles. The molecule has 3 aromatic rings. The van der Waals surface area contributed by atoms with Crippen molar-refractivity contribution in [2.24, 2.45) is 0 Å². The number of aliphatic hydroxyl groups is 1. The van der Waals surface area contributed by atoms with Crippen LogP contribution in [-0.4, -0.2) is 40.6 Å². The maximum absolute atomic E-state index is 12.8. The van der Waals surface area contributed by atoms with E-state index < -0.39 is 11.6 Å². The number of aliphatic hydroxyl groups excluding tert-OH is 1. The first-order valence-corrected chi connectivity index (χ1v) is 11.0. The summed E-state index contributed by atoms with van der Waals surface area (Å²) in [6.45, 7) is 1.78. The van der Waals surface area contributed by atoms with Gasteiger partial charge < -0.3 is 10.0 Å². The normalized spacial score (nSPS) is 25.5. The Morgan fingerprint density at radius 1 is 0.867 bits per heavy atom. The van der Waals surface area contributed by atoms with Crippen molar-refractivity contribution in [1.82, 2.24) is 4.90 Å². The molecule has 4 nitrogen and oxygen atoms in total. The molecule has 30 heavy (non-hydrogen) atoms. The smallest absolute Gasteiger partial charge is 0.230 e. The van der Waals surface area contributed by atoms with Crippen molar-refractivity contribution in [2.45, 2.75) is 43.4 Å². The number of nitrogens with zero attached hydrogens (tertiary/aromatic N) is 2. The van der Waals surface area contributed by atoms with Crippen LogP contribution in [0, 0.1) is 0 Å². The number of rotatable bonds is 2. The van der Waals surface area contributed by atoms with E-state index in [0.717, 1.165) is 38.0 Å². The van der Waals surface area contributed by atoms with Crippen molar-refractivity contribution in [2.75, 3.05) is 18.0 Å². The van der Waals surface area contributed by atoms with E-state index >= 15 is 0 Å². The van der Waals surface area contributed by atoms with Gasteiger partial charge in [-0.2, -0.15) is 0 Å². The number of hydrogen-bond acceptors (Lipinski definition) is 3. The first kappa shape index (κ1) is 18.1. The SMILES string of the molecule is O=C1CC(O)C2(CCN(C3Cc4cccc5cccc3c45)CC2)N1c1ccccc1. The molecule has 1 N–H and O–H groups in total. The van der Waals surface area contributed by atoms with E-state index in [4.69, 9.17) is 0 Å². The first-order valence-electron chi connectivity index (χ1n) is 11.0. The molecule has 2 aliphatic heterocycles. The second-order valence-electron chi connectivity index (χ2n) is 9.01. The highest BCUT2D eigenvalue weighted by Crippen LogP contribution is 2.46. The summed E-state index contributed by atoms with van der Waals surface area (Å²) in [6.07, 6.45) is 2.28. The van der Waals surface area contributed by atoms with Gasteiger partial charge in [0.25, 0.3) is 0 Å². The third-order valence-corrected chi connectivity index (χ3v) is 7.60. The Kier molecular flexibility index (Phi) is 4.02. The molecule has 0 saturated carbocycles. The molecule has 1 amide bonds. The fourth-order valence-electron chi connectivity index (χ4n) is 6.14. The Morgan fingerprint density at radius 2 is 1.60 bits per heavy atom. The zero-order valence-corrected chi connectivity index (χ0v) is 17.0. The van der Waals surface area contributed by atoms with E-state index in [2.05, 4.69) is 41.3 Å². The van der Waals surface area contributed by atoms with Gasteiger partial charge in [-0.25, -0.2) is 0 Å². The summed E-state index contributed by atoms with van der Waals surface area (Å²) < 4.78 is 0. The lowest BCUT2D eigenvalue weighted by molar-refractivity contribution is -0.117. The highest BCUT2D eigenvalue weighted by Gasteiger charge is 2.54. The van der Waals surface area contributed by atoms with Crippen molar-refractivity contribution in [3.8, 4) is 0 Å². The van der Waals surface area contributed by atoms with Crippen LogP contribution in [0.3, 0.4) is 0 Å². The Labute approximate surface area is 176 Å². The lowest BCUT2D eigenvalue weighted by atomic mass is 9.81. The number of piperidine rings is 1. The van der Waals surface area contributed by atoms with Gasteiger partial charge in [0.05, 0.1) is 18.1 Å². The molecule has 0 radical (unpaired) electrons. The molecule has 2 heterocycles. The zero-order valence-electron chi connectivity index (χ0n) is 17.0. The predicted octanol–water partition coefficient (Wildman–Crippen LogP) is 4.07. The van der Waals surface area contributed by atoms with Gasteiger partial charge in [0.2, 0.25) is 5.91 Å². The van der Waals surface area contributed by atoms with Crippen molar-refractivity contribution < 1.29 is 9.90 Å². The van der Waals surface area contributed by atoms with Crippen LogP contribution >= 0.6 is 0 Å². The van der Waals surface area contributed by atoms with Crippen molar-refractivity contribution in [3.05, 3.63) is 77.9 Å². The lowest BCUT2D eigenvalue weighted by Gasteiger charge is -2.47. The molecule has 1 spiro atoms. The Morgan fingerprint density at radius 3 is 2.37 bits per heavy atom. The number of amides is 1. The summed E-state index contributed by atoms with van der Waals surface area (Å²) in [5.74, 6) is 0.0418. The third kappa shape index (κ3) is 2.50. The minimum absolute atomic E-state index is 0.0418. The highest BCUT2D eigenvalue weighted by molar-refractivity contribution is 5.98. The Bertz CT molecular complexity index is 1110. The van der Waals surface area contributed by atoms with Crippen LogP contribution in [0.2, 0.25) is 0 Å². The molecule has 152 valence electrons. The van der Waals surface area contributed by atoms with E-state index in [-0.39, 0.29) is 12.3 Å². The number of hydrogen-bond donors (Lipinski definition) is 1. The van der Waals surface area contributed by atoms with Crippen molar-refractivity contribution in [1.29, 1.82) is 0 Å². The van der Waals surface area contributed by atoms with Crippen LogP contribution in [0.4, 0.5) is 5.69 Å². The molecule has 2 unspecified atom stereocenters. The average molecular weight is 399 g/mol. The van der Waals surface area contributed by atoms with E-state index in [1.807, 2.05) is 35.2 Å². The molecule has 2 atom stereocenters. The monoisotopic (exact) mass is 398 g/mol. The van der Waals surface area contributed by atoms with Gasteiger partial charge in [-0.1, -0.05) is 54.6 Å². The number of carbonyl (C=O) groups excluding carboxylic acids is 1. The molecular formula is C26H26N2O2. The largest absolute Gasteiger partial charge is 0.390 e. The van der Waals surface area contributed by atoms with Gasteiger partial charge in [-0.05, 0) is 53.3 Å². The van der Waals surface area contributed by atoms with Crippen LogP contribution in [0.25, 0.3) is 10.8 Å². The molecule has 4 heteroatoms. The third-order valence-electron chi connectivity index (χ3n) is 7.60. The van der Waals surface area contributed by atoms with Gasteiger partial charge in [0.15, 0.2) is 0 Å². The van der Waals surface area contributed by atoms with E-state index in [1.54, 1.807) is 0 Å². The standard InChI is InChI=1S/C26H26N2O2/c29-23-17-24(30)28(20-9-2-1-3-10-20)26(23)12-14-27(15-13-26)22-16-19-8-4-6-18-7-5-11-21(22)25(18)19/h1-11,22-23,29H,12-17H2. The number of anilines is 1. The van der Waals surface area contributed by atoms with Gasteiger partial charge in [0, 0.05) is 24.8 Å². The van der Waals surface area contributed by atoms with Crippen molar-refractivity contribution >= 4 is 22.4 Å². The fourth-order valence-corrected chi connectivity index (χ4v) is 6.14. The quantitative estimate of drug-likeness (QED) is 0.708. The number of benzene rings is 3. The average Bonchev–Trinajstić information content (AvgIpc) is 3.26. The summed E-state index contributed by atoms with van der Waals surface area (Å²) in [5, 5.41) is 13.7. The molecule has 1 aliphatic carbocycles.